The zero-order valence-electron chi connectivity index (χ0n) is 11.3. The van der Waals surface area contributed by atoms with Crippen molar-refractivity contribution < 1.29 is 17.8 Å². The number of hydrogen-bond donors (Lipinski definition) is 2. The standard InChI is InChI=1S/C14H15FN2O3S/c1-9(14(18)17-8-12-3-2-4-20-12)21(19)13-6-10(15)5-11(16)7-13/h2-7,9H,8,16H2,1H3,(H,17,18). The van der Waals surface area contributed by atoms with Crippen LogP contribution in [-0.2, 0) is 22.1 Å². The third-order valence-electron chi connectivity index (χ3n) is 2.83. The molecule has 1 heterocycles. The molecule has 2 aromatic rings. The van der Waals surface area contributed by atoms with Crippen molar-refractivity contribution in [3.05, 3.63) is 48.2 Å². The Kier molecular flexibility index (Phi) is 4.74. The molecule has 2 unspecified atom stereocenters. The average molecular weight is 310 g/mol. The van der Waals surface area contributed by atoms with Gasteiger partial charge >= 0.3 is 0 Å². The number of carbonyl (C=O) groups excluding carboxylic acids is 1. The zero-order chi connectivity index (χ0) is 15.4. The van der Waals surface area contributed by atoms with Crippen LogP contribution in [0.3, 0.4) is 0 Å². The molecule has 0 spiro atoms. The molecular formula is C14H15FN2O3S. The number of nitrogen functional groups attached to an aromatic ring is 1. The van der Waals surface area contributed by atoms with Crippen molar-refractivity contribution in [3.8, 4) is 0 Å². The second-order valence-electron chi connectivity index (χ2n) is 4.46. The molecule has 0 aliphatic rings. The number of hydrogen-bond acceptors (Lipinski definition) is 4. The van der Waals surface area contributed by atoms with Gasteiger partial charge in [0.1, 0.15) is 16.8 Å². The van der Waals surface area contributed by atoms with Crippen LogP contribution in [0.5, 0.6) is 0 Å². The van der Waals surface area contributed by atoms with Gasteiger partial charge in [-0.15, -0.1) is 0 Å². The maximum atomic E-state index is 13.3. The fourth-order valence-electron chi connectivity index (χ4n) is 1.73. The predicted molar refractivity (Wildman–Crippen MR) is 77.2 cm³/mol. The Bertz CT molecular complexity index is 638. The van der Waals surface area contributed by atoms with Crippen molar-refractivity contribution in [1.29, 1.82) is 0 Å². The molecule has 5 nitrogen and oxygen atoms in total. The molecule has 0 aliphatic carbocycles. The molecule has 1 aromatic heterocycles. The maximum absolute atomic E-state index is 13.3. The maximum Gasteiger partial charge on any atom is 0.236 e. The van der Waals surface area contributed by atoms with E-state index in [1.165, 1.54) is 19.3 Å². The summed E-state index contributed by atoms with van der Waals surface area (Å²) in [5.74, 6) is -0.398. The monoisotopic (exact) mass is 310 g/mol. The molecule has 0 bridgehead atoms. The van der Waals surface area contributed by atoms with E-state index in [1.807, 2.05) is 0 Å². The third-order valence-corrected chi connectivity index (χ3v) is 4.39. The highest BCUT2D eigenvalue weighted by Gasteiger charge is 2.22. The number of benzene rings is 1. The molecule has 112 valence electrons. The fraction of sp³-hybridized carbons (Fsp3) is 0.214. The van der Waals surface area contributed by atoms with Gasteiger partial charge in [0.25, 0.3) is 0 Å². The third kappa shape index (κ3) is 3.91. The predicted octanol–water partition coefficient (Wildman–Crippen LogP) is 1.81. The van der Waals surface area contributed by atoms with E-state index in [-0.39, 0.29) is 17.1 Å². The topological polar surface area (TPSA) is 85.3 Å². The molecule has 2 rings (SSSR count). The highest BCUT2D eigenvalue weighted by atomic mass is 32.2. The summed E-state index contributed by atoms with van der Waals surface area (Å²) in [4.78, 5) is 12.1. The molecule has 21 heavy (non-hydrogen) atoms. The minimum Gasteiger partial charge on any atom is -0.467 e. The minimum absolute atomic E-state index is 0.168. The first-order valence-corrected chi connectivity index (χ1v) is 7.45. The summed E-state index contributed by atoms with van der Waals surface area (Å²) in [6, 6.07) is 7.06. The van der Waals surface area contributed by atoms with Crippen LogP contribution >= 0.6 is 0 Å². The summed E-state index contributed by atoms with van der Waals surface area (Å²) in [7, 11) is -1.69. The van der Waals surface area contributed by atoms with Crippen LogP contribution in [0.15, 0.2) is 45.9 Å². The molecular weight excluding hydrogens is 295 g/mol. The minimum atomic E-state index is -1.69. The van der Waals surface area contributed by atoms with Crippen molar-refractivity contribution in [3.63, 3.8) is 0 Å². The fourth-order valence-corrected chi connectivity index (χ4v) is 2.90. The number of halogens is 1. The van der Waals surface area contributed by atoms with Gasteiger partial charge in [0.15, 0.2) is 0 Å². The summed E-state index contributed by atoms with van der Waals surface area (Å²) < 4.78 is 30.6. The first-order valence-electron chi connectivity index (χ1n) is 6.24. The molecule has 3 N–H and O–H groups in total. The van der Waals surface area contributed by atoms with Gasteiger partial charge in [-0.2, -0.15) is 0 Å². The first kappa shape index (κ1) is 15.2. The van der Waals surface area contributed by atoms with Gasteiger partial charge in [0.2, 0.25) is 5.91 Å². The van der Waals surface area contributed by atoms with E-state index in [9.17, 15) is 13.4 Å². The lowest BCUT2D eigenvalue weighted by molar-refractivity contribution is -0.120. The molecule has 1 amide bonds. The summed E-state index contributed by atoms with van der Waals surface area (Å²) in [5, 5.41) is 1.78. The molecule has 0 saturated heterocycles. The molecule has 0 saturated carbocycles. The molecule has 7 heteroatoms. The molecule has 1 aromatic carbocycles. The molecule has 0 fully saturated rings. The van der Waals surface area contributed by atoms with Crippen LogP contribution in [-0.4, -0.2) is 15.4 Å². The van der Waals surface area contributed by atoms with E-state index in [4.69, 9.17) is 10.2 Å². The highest BCUT2D eigenvalue weighted by Crippen LogP contribution is 2.17. The lowest BCUT2D eigenvalue weighted by Crippen LogP contribution is -2.35. The average Bonchev–Trinajstić information content (AvgIpc) is 2.95. The van der Waals surface area contributed by atoms with Crippen LogP contribution in [0, 0.1) is 5.82 Å². The van der Waals surface area contributed by atoms with Crippen molar-refractivity contribution in [1.82, 2.24) is 5.32 Å². The molecule has 2 atom stereocenters. The second-order valence-corrected chi connectivity index (χ2v) is 6.23. The van der Waals surface area contributed by atoms with Crippen LogP contribution in [0.2, 0.25) is 0 Å². The van der Waals surface area contributed by atoms with Gasteiger partial charge < -0.3 is 15.5 Å². The quantitative estimate of drug-likeness (QED) is 0.825. The number of nitrogens with one attached hydrogen (secondary N) is 1. The van der Waals surface area contributed by atoms with Gasteiger partial charge in [0.05, 0.1) is 23.6 Å². The number of furan rings is 1. The normalized spacial score (nSPS) is 13.6. The van der Waals surface area contributed by atoms with E-state index >= 15 is 0 Å². The van der Waals surface area contributed by atoms with E-state index in [1.54, 1.807) is 12.1 Å². The van der Waals surface area contributed by atoms with E-state index in [2.05, 4.69) is 5.32 Å². The zero-order valence-corrected chi connectivity index (χ0v) is 12.2. The van der Waals surface area contributed by atoms with Crippen LogP contribution in [0.4, 0.5) is 10.1 Å². The molecule has 0 radical (unpaired) electrons. The Morgan fingerprint density at radius 3 is 2.86 bits per heavy atom. The lowest BCUT2D eigenvalue weighted by Gasteiger charge is -2.12. The van der Waals surface area contributed by atoms with Crippen LogP contribution in [0.1, 0.15) is 12.7 Å². The second kappa shape index (κ2) is 6.53. The lowest BCUT2D eigenvalue weighted by atomic mass is 10.3. The Morgan fingerprint density at radius 1 is 1.48 bits per heavy atom. The van der Waals surface area contributed by atoms with E-state index in [0.717, 1.165) is 12.1 Å². The smallest absolute Gasteiger partial charge is 0.236 e. The van der Waals surface area contributed by atoms with Gasteiger partial charge in [-0.25, -0.2) is 4.39 Å². The van der Waals surface area contributed by atoms with Gasteiger partial charge in [-0.05, 0) is 37.3 Å². The van der Waals surface area contributed by atoms with Gasteiger partial charge in [-0.3, -0.25) is 9.00 Å². The SMILES string of the molecule is CC(C(=O)NCc1ccco1)S(=O)c1cc(N)cc(F)c1. The van der Waals surface area contributed by atoms with Crippen molar-refractivity contribution in [2.75, 3.05) is 5.73 Å². The number of nitrogens with two attached hydrogens (primary N) is 1. The Labute approximate surface area is 123 Å². The number of amides is 1. The van der Waals surface area contributed by atoms with E-state index < -0.39 is 27.8 Å². The number of rotatable bonds is 5. The summed E-state index contributed by atoms with van der Waals surface area (Å²) in [5.41, 5.74) is 5.68. The van der Waals surface area contributed by atoms with Crippen molar-refractivity contribution in [2.45, 2.75) is 23.6 Å². The van der Waals surface area contributed by atoms with Crippen molar-refractivity contribution in [2.24, 2.45) is 0 Å². The Hall–Kier alpha value is -2.15. The summed E-state index contributed by atoms with van der Waals surface area (Å²) >= 11 is 0. The van der Waals surface area contributed by atoms with Crippen molar-refractivity contribution >= 4 is 22.4 Å². The molecule has 0 aliphatic heterocycles. The van der Waals surface area contributed by atoms with Gasteiger partial charge in [-0.1, -0.05) is 0 Å². The van der Waals surface area contributed by atoms with E-state index in [0.29, 0.717) is 5.76 Å². The van der Waals surface area contributed by atoms with Crippen LogP contribution in [0.25, 0.3) is 0 Å². The summed E-state index contributed by atoms with van der Waals surface area (Å²) in [6.07, 6.45) is 1.50. The van der Waals surface area contributed by atoms with Gasteiger partial charge in [0, 0.05) is 10.6 Å². The number of anilines is 1. The highest BCUT2D eigenvalue weighted by molar-refractivity contribution is 7.86. The Balaban J connectivity index is 2.02. The Morgan fingerprint density at radius 2 is 2.24 bits per heavy atom. The largest absolute Gasteiger partial charge is 0.467 e. The van der Waals surface area contributed by atoms with Crippen LogP contribution < -0.4 is 11.1 Å². The number of carbonyl (C=O) groups is 1. The first-order chi connectivity index (χ1) is 9.97. The summed E-state index contributed by atoms with van der Waals surface area (Å²) in [6.45, 7) is 1.72.